The number of aryl methyl sites for hydroxylation is 1. The van der Waals surface area contributed by atoms with Crippen molar-refractivity contribution in [2.45, 2.75) is 76.8 Å². The van der Waals surface area contributed by atoms with E-state index in [-0.39, 0.29) is 48.3 Å². The van der Waals surface area contributed by atoms with Crippen LogP contribution in [-0.4, -0.2) is 83.3 Å². The number of phenols is 1. The quantitative estimate of drug-likeness (QED) is 0.485. The Bertz CT molecular complexity index is 1400. The summed E-state index contributed by atoms with van der Waals surface area (Å²) >= 11 is 0. The van der Waals surface area contributed by atoms with Crippen molar-refractivity contribution < 1.29 is 24.2 Å². The number of allylic oxidation sites excluding steroid dienone is 2. The molecule has 0 aromatic heterocycles. The van der Waals surface area contributed by atoms with Gasteiger partial charge in [0.15, 0.2) is 23.1 Å². The first-order valence-electron chi connectivity index (χ1n) is 13.3. The number of ketones is 2. The summed E-state index contributed by atoms with van der Waals surface area (Å²) in [4.78, 5) is 43.9. The highest BCUT2D eigenvalue weighted by atomic mass is 16.5. The molecule has 0 saturated carbocycles. The van der Waals surface area contributed by atoms with Gasteiger partial charge in [-0.15, -0.1) is 0 Å². The van der Waals surface area contributed by atoms with E-state index in [9.17, 15) is 24.8 Å². The lowest BCUT2D eigenvalue weighted by Crippen LogP contribution is -2.71. The Morgan fingerprint density at radius 2 is 1.90 bits per heavy atom. The van der Waals surface area contributed by atoms with Crippen molar-refractivity contribution in [2.75, 3.05) is 20.7 Å². The molecule has 4 N–H and O–H groups in total. The second-order valence-electron chi connectivity index (χ2n) is 11.2. The average Bonchev–Trinajstić information content (AvgIpc) is 2.89. The molecular weight excluding hydrogens is 498 g/mol. The second kappa shape index (κ2) is 9.59. The Hall–Kier alpha value is -3.52. The standard InChI is InChI=1S/C29H35N5O5/c1-12-7-16-8-18-20(10-30)34-19(24(33(18)5)22(16)27(37)28(12)39-6)9-17-23(21(34)11-32-29(38)15(4)31)26(36)14(3)13(2)25(17)35/h7,15,18-21,24,37H,8-9,11,31H2,1-6H3,(H,32,38)/t15-,18-,19-,20-,21-,24-/m0/s1. The van der Waals surface area contributed by atoms with Crippen LogP contribution in [0.3, 0.4) is 0 Å². The van der Waals surface area contributed by atoms with Gasteiger partial charge in [-0.25, -0.2) is 0 Å². The zero-order valence-corrected chi connectivity index (χ0v) is 23.2. The number of ether oxygens (including phenoxy) is 1. The molecule has 0 spiro atoms. The molecule has 6 atom stereocenters. The molecule has 1 aliphatic carbocycles. The van der Waals surface area contributed by atoms with Gasteiger partial charge in [0.25, 0.3) is 0 Å². The number of methoxy groups -OCH3 is 1. The molecule has 1 amide bonds. The summed E-state index contributed by atoms with van der Waals surface area (Å²) in [5, 5.41) is 24.8. The van der Waals surface area contributed by atoms with E-state index in [4.69, 9.17) is 10.5 Å². The SMILES string of the molecule is COc1c(C)cc2c(c1O)[C@@H]1[C@@H]3CC4=C(C(=O)C(C)=C(C)C4=O)[C@H](CNC(=O)[C@H](C)N)N3[C@@H](C#N)[C@H](C2)N1C. The third-order valence-corrected chi connectivity index (χ3v) is 9.10. The summed E-state index contributed by atoms with van der Waals surface area (Å²) in [5.74, 6) is -0.363. The Morgan fingerprint density at radius 1 is 1.23 bits per heavy atom. The smallest absolute Gasteiger partial charge is 0.236 e. The molecule has 0 unspecified atom stereocenters. The molecule has 1 aromatic rings. The lowest BCUT2D eigenvalue weighted by Gasteiger charge is -2.60. The molecule has 1 fully saturated rings. The summed E-state index contributed by atoms with van der Waals surface area (Å²) in [5.41, 5.74) is 9.80. The van der Waals surface area contributed by atoms with Gasteiger partial charge in [0.2, 0.25) is 5.91 Å². The number of fused-ring (bicyclic) bond motifs is 6. The largest absolute Gasteiger partial charge is 0.504 e. The number of Topliss-reactive ketones (excluding diaryl/α,β-unsaturated/α-hetero) is 2. The molecule has 3 heterocycles. The van der Waals surface area contributed by atoms with Crippen LogP contribution >= 0.6 is 0 Å². The van der Waals surface area contributed by atoms with Crippen molar-refractivity contribution in [3.8, 4) is 17.6 Å². The summed E-state index contributed by atoms with van der Waals surface area (Å²) in [6.07, 6.45) is 0.745. The fourth-order valence-corrected chi connectivity index (χ4v) is 7.07. The van der Waals surface area contributed by atoms with Gasteiger partial charge in [-0.3, -0.25) is 24.2 Å². The number of hydrogen-bond donors (Lipinski definition) is 3. The molecule has 206 valence electrons. The van der Waals surface area contributed by atoms with Gasteiger partial charge in [0.05, 0.1) is 31.3 Å². The minimum absolute atomic E-state index is 0.0262. The van der Waals surface area contributed by atoms with Crippen LogP contribution in [0.1, 0.15) is 49.9 Å². The minimum atomic E-state index is -0.761. The molecular formula is C29H35N5O5. The number of nitrogens with two attached hydrogens (primary N) is 1. The van der Waals surface area contributed by atoms with Gasteiger partial charge in [0, 0.05) is 46.5 Å². The maximum atomic E-state index is 13.7. The number of nitrogens with one attached hydrogen (secondary N) is 1. The summed E-state index contributed by atoms with van der Waals surface area (Å²) < 4.78 is 5.54. The topological polar surface area (TPSA) is 149 Å². The van der Waals surface area contributed by atoms with Crippen molar-refractivity contribution >= 4 is 17.5 Å². The van der Waals surface area contributed by atoms with Crippen molar-refractivity contribution in [2.24, 2.45) is 5.73 Å². The summed E-state index contributed by atoms with van der Waals surface area (Å²) in [7, 11) is 3.45. The number of nitrogens with zero attached hydrogens (tertiary/aromatic N) is 3. The number of phenolic OH excluding ortho intramolecular Hbond substituents is 1. The van der Waals surface area contributed by atoms with Crippen molar-refractivity contribution in [1.82, 2.24) is 15.1 Å². The van der Waals surface area contributed by atoms with Gasteiger partial charge >= 0.3 is 0 Å². The molecule has 1 saturated heterocycles. The van der Waals surface area contributed by atoms with Gasteiger partial charge in [-0.2, -0.15) is 5.26 Å². The van der Waals surface area contributed by atoms with Crippen LogP contribution in [0.25, 0.3) is 0 Å². The molecule has 4 aliphatic rings. The highest BCUT2D eigenvalue weighted by Gasteiger charge is 2.57. The number of carbonyl (C=O) groups is 3. The van der Waals surface area contributed by atoms with Gasteiger partial charge in [0.1, 0.15) is 6.04 Å². The predicted molar refractivity (Wildman–Crippen MR) is 143 cm³/mol. The van der Waals surface area contributed by atoms with Gasteiger partial charge in [-0.1, -0.05) is 6.07 Å². The molecule has 5 rings (SSSR count). The number of hydrogen-bond acceptors (Lipinski definition) is 9. The Morgan fingerprint density at radius 3 is 2.51 bits per heavy atom. The van der Waals surface area contributed by atoms with Crippen molar-refractivity contribution in [3.63, 3.8) is 0 Å². The molecule has 0 radical (unpaired) electrons. The molecule has 2 bridgehead atoms. The summed E-state index contributed by atoms with van der Waals surface area (Å²) in [6, 6.07) is 1.35. The minimum Gasteiger partial charge on any atom is -0.504 e. The molecule has 10 nitrogen and oxygen atoms in total. The first-order valence-corrected chi connectivity index (χ1v) is 13.3. The number of carbonyl (C=O) groups excluding carboxylic acids is 3. The fourth-order valence-electron chi connectivity index (χ4n) is 7.07. The van der Waals surface area contributed by atoms with E-state index in [1.54, 1.807) is 20.8 Å². The van der Waals surface area contributed by atoms with E-state index in [0.29, 0.717) is 40.0 Å². The van der Waals surface area contributed by atoms with Crippen LogP contribution in [0, 0.1) is 18.3 Å². The predicted octanol–water partition coefficient (Wildman–Crippen LogP) is 1.20. The molecule has 1 aromatic carbocycles. The molecule has 39 heavy (non-hydrogen) atoms. The maximum absolute atomic E-state index is 13.7. The van der Waals surface area contributed by atoms with Crippen LogP contribution in [0.2, 0.25) is 0 Å². The maximum Gasteiger partial charge on any atom is 0.236 e. The van der Waals surface area contributed by atoms with E-state index in [1.165, 1.54) is 7.11 Å². The number of piperazine rings is 1. The number of amides is 1. The molecule has 3 aliphatic heterocycles. The van der Waals surface area contributed by atoms with Crippen LogP contribution in [0.15, 0.2) is 28.4 Å². The van der Waals surface area contributed by atoms with E-state index < -0.39 is 24.2 Å². The number of rotatable bonds is 4. The van der Waals surface area contributed by atoms with Crippen molar-refractivity contribution in [1.29, 1.82) is 5.26 Å². The number of likely N-dealkylation sites (N-methyl/N-ethyl adjacent to an activating group) is 1. The highest BCUT2D eigenvalue weighted by Crippen LogP contribution is 2.53. The number of benzene rings is 1. The first kappa shape index (κ1) is 27.1. The summed E-state index contributed by atoms with van der Waals surface area (Å²) in [6.45, 7) is 6.78. The number of nitriles is 1. The monoisotopic (exact) mass is 533 g/mol. The van der Waals surface area contributed by atoms with E-state index in [2.05, 4.69) is 16.3 Å². The Kier molecular flexibility index (Phi) is 6.66. The average molecular weight is 534 g/mol. The first-order chi connectivity index (χ1) is 18.4. The zero-order valence-electron chi connectivity index (χ0n) is 23.2. The lowest BCUT2D eigenvalue weighted by molar-refractivity contribution is -0.124. The second-order valence-corrected chi connectivity index (χ2v) is 11.2. The van der Waals surface area contributed by atoms with Crippen LogP contribution in [0.4, 0.5) is 0 Å². The Labute approximate surface area is 228 Å². The molecule has 10 heteroatoms. The van der Waals surface area contributed by atoms with E-state index in [1.807, 2.05) is 24.9 Å². The number of aromatic hydroxyl groups is 1. The Balaban J connectivity index is 1.72. The third kappa shape index (κ3) is 3.83. The van der Waals surface area contributed by atoms with Crippen LogP contribution < -0.4 is 15.8 Å². The van der Waals surface area contributed by atoms with E-state index >= 15 is 0 Å². The fraction of sp³-hybridized carbons (Fsp3) is 0.517. The van der Waals surface area contributed by atoms with Crippen molar-refractivity contribution in [3.05, 3.63) is 45.0 Å². The van der Waals surface area contributed by atoms with Gasteiger partial charge < -0.3 is 20.9 Å². The van der Waals surface area contributed by atoms with E-state index in [0.717, 1.165) is 11.1 Å². The van der Waals surface area contributed by atoms with Crippen LogP contribution in [-0.2, 0) is 20.8 Å². The normalized spacial score (nSPS) is 29.3. The zero-order chi connectivity index (χ0) is 28.5. The lowest BCUT2D eigenvalue weighted by atomic mass is 9.69. The highest BCUT2D eigenvalue weighted by molar-refractivity contribution is 6.25. The third-order valence-electron chi connectivity index (χ3n) is 9.10. The van der Waals surface area contributed by atoms with Gasteiger partial charge in [-0.05, 0) is 58.7 Å². The van der Waals surface area contributed by atoms with Crippen LogP contribution in [0.5, 0.6) is 11.5 Å².